The Hall–Kier alpha value is -2.18. The van der Waals surface area contributed by atoms with Gasteiger partial charge >= 0.3 is 0 Å². The topological polar surface area (TPSA) is 51.2 Å². The lowest BCUT2D eigenvalue weighted by atomic mass is 10.2. The first kappa shape index (κ1) is 16.7. The van der Waals surface area contributed by atoms with Crippen LogP contribution in [0, 0.1) is 6.92 Å². The molecule has 1 N–H and O–H groups in total. The van der Waals surface area contributed by atoms with Crippen molar-refractivity contribution in [2.24, 2.45) is 0 Å². The van der Waals surface area contributed by atoms with E-state index in [0.29, 0.717) is 18.0 Å². The number of thiazole rings is 1. The molecule has 0 saturated heterocycles. The van der Waals surface area contributed by atoms with Crippen LogP contribution in [0.3, 0.4) is 0 Å². The van der Waals surface area contributed by atoms with Crippen LogP contribution < -0.4 is 10.1 Å². The van der Waals surface area contributed by atoms with E-state index in [9.17, 15) is 4.79 Å². The maximum atomic E-state index is 12.1. The maximum Gasteiger partial charge on any atom is 0.263 e. The van der Waals surface area contributed by atoms with Crippen molar-refractivity contribution in [1.82, 2.24) is 10.3 Å². The molecule has 1 aromatic carbocycles. The highest BCUT2D eigenvalue weighted by Crippen LogP contribution is 2.28. The van der Waals surface area contributed by atoms with Crippen LogP contribution in [0.2, 0.25) is 0 Å². The third-order valence-electron chi connectivity index (χ3n) is 3.33. The van der Waals surface area contributed by atoms with Crippen LogP contribution in [0.1, 0.15) is 21.7 Å². The minimum absolute atomic E-state index is 0.0779. The van der Waals surface area contributed by atoms with Gasteiger partial charge in [-0.3, -0.25) is 4.79 Å². The smallest absolute Gasteiger partial charge is 0.263 e. The highest BCUT2D eigenvalue weighted by atomic mass is 32.1. The van der Waals surface area contributed by atoms with Gasteiger partial charge in [0.2, 0.25) is 0 Å². The van der Waals surface area contributed by atoms with Gasteiger partial charge in [0.05, 0.1) is 17.7 Å². The number of aryl methyl sites for hydroxylation is 1. The van der Waals surface area contributed by atoms with Crippen LogP contribution in [-0.2, 0) is 0 Å². The van der Waals surface area contributed by atoms with Gasteiger partial charge in [0.1, 0.15) is 15.6 Å². The van der Waals surface area contributed by atoms with Crippen LogP contribution in [0.5, 0.6) is 5.75 Å². The maximum absolute atomic E-state index is 12.1. The fourth-order valence-corrected chi connectivity index (χ4v) is 3.79. The van der Waals surface area contributed by atoms with E-state index in [1.807, 2.05) is 48.7 Å². The Kier molecular flexibility index (Phi) is 5.61. The Balaban J connectivity index is 1.41. The zero-order valence-electron chi connectivity index (χ0n) is 13.3. The molecule has 3 rings (SSSR count). The Bertz CT molecular complexity index is 797. The van der Waals surface area contributed by atoms with Crippen LogP contribution in [0.4, 0.5) is 0 Å². The second kappa shape index (κ2) is 8.08. The molecule has 0 bridgehead atoms. The average molecular weight is 358 g/mol. The summed E-state index contributed by atoms with van der Waals surface area (Å²) < 4.78 is 5.67. The zero-order chi connectivity index (χ0) is 16.8. The fraction of sp³-hybridized carbons (Fsp3) is 0.222. The van der Waals surface area contributed by atoms with Gasteiger partial charge in [-0.2, -0.15) is 0 Å². The molecule has 0 radical (unpaired) electrons. The number of nitrogens with one attached hydrogen (secondary N) is 1. The molecule has 0 aliphatic rings. The number of hydrogen-bond donors (Lipinski definition) is 1. The molecule has 0 aliphatic carbocycles. The minimum atomic E-state index is -0.0779. The molecular formula is C18H18N2O2S2. The number of nitrogens with zero attached hydrogens (tertiary/aromatic N) is 1. The predicted molar refractivity (Wildman–Crippen MR) is 99.1 cm³/mol. The van der Waals surface area contributed by atoms with E-state index in [1.54, 1.807) is 17.5 Å². The SMILES string of the molecule is Cc1cccc(OCCCNC(=O)c2cnc(-c3cccs3)s2)c1. The van der Waals surface area contributed by atoms with Crippen molar-refractivity contribution in [2.45, 2.75) is 13.3 Å². The second-order valence-corrected chi connectivity index (χ2v) is 7.26. The highest BCUT2D eigenvalue weighted by Gasteiger charge is 2.11. The van der Waals surface area contributed by atoms with Gasteiger partial charge in [-0.1, -0.05) is 18.2 Å². The van der Waals surface area contributed by atoms with Crippen molar-refractivity contribution in [1.29, 1.82) is 0 Å². The molecule has 4 nitrogen and oxygen atoms in total. The molecule has 124 valence electrons. The zero-order valence-corrected chi connectivity index (χ0v) is 15.0. The first-order valence-corrected chi connectivity index (χ1v) is 9.39. The highest BCUT2D eigenvalue weighted by molar-refractivity contribution is 7.21. The number of amides is 1. The van der Waals surface area contributed by atoms with E-state index in [-0.39, 0.29) is 5.91 Å². The van der Waals surface area contributed by atoms with E-state index >= 15 is 0 Å². The first-order valence-electron chi connectivity index (χ1n) is 7.70. The van der Waals surface area contributed by atoms with E-state index in [2.05, 4.69) is 10.3 Å². The predicted octanol–water partition coefficient (Wildman–Crippen LogP) is 4.38. The largest absolute Gasteiger partial charge is 0.494 e. The molecule has 1 amide bonds. The fourth-order valence-electron chi connectivity index (χ4n) is 2.15. The number of hydrogen-bond acceptors (Lipinski definition) is 5. The Morgan fingerprint density at radius 2 is 2.21 bits per heavy atom. The molecule has 0 fully saturated rings. The summed E-state index contributed by atoms with van der Waals surface area (Å²) in [5.41, 5.74) is 1.17. The number of thiophene rings is 1. The quantitative estimate of drug-likeness (QED) is 0.638. The summed E-state index contributed by atoms with van der Waals surface area (Å²) in [5.74, 6) is 0.787. The number of rotatable bonds is 7. The Labute approximate surface area is 149 Å². The summed E-state index contributed by atoms with van der Waals surface area (Å²) in [4.78, 5) is 18.2. The van der Waals surface area contributed by atoms with Gasteiger partial charge in [-0.15, -0.1) is 22.7 Å². The normalized spacial score (nSPS) is 10.5. The van der Waals surface area contributed by atoms with E-state index in [0.717, 1.165) is 22.1 Å². The molecular weight excluding hydrogens is 340 g/mol. The molecule has 0 aliphatic heterocycles. The number of carbonyl (C=O) groups is 1. The number of ether oxygens (including phenoxy) is 1. The third-order valence-corrected chi connectivity index (χ3v) is 5.36. The summed E-state index contributed by atoms with van der Waals surface area (Å²) >= 11 is 3.04. The standard InChI is InChI=1S/C18H18N2O2S2/c1-13-5-2-6-14(11-13)22-9-4-8-19-17(21)16-12-20-18(24-16)15-7-3-10-23-15/h2-3,5-7,10-12H,4,8-9H2,1H3,(H,19,21). The molecule has 0 saturated carbocycles. The summed E-state index contributed by atoms with van der Waals surface area (Å²) in [6.45, 7) is 3.19. The van der Waals surface area contributed by atoms with Gasteiger partial charge in [0.15, 0.2) is 0 Å². The summed E-state index contributed by atoms with van der Waals surface area (Å²) in [7, 11) is 0. The lowest BCUT2D eigenvalue weighted by molar-refractivity contribution is 0.0955. The van der Waals surface area contributed by atoms with E-state index in [1.165, 1.54) is 16.9 Å². The Morgan fingerprint density at radius 3 is 3.00 bits per heavy atom. The molecule has 0 spiro atoms. The van der Waals surface area contributed by atoms with Gasteiger partial charge in [-0.25, -0.2) is 4.98 Å². The monoisotopic (exact) mass is 358 g/mol. The number of carbonyl (C=O) groups excluding carboxylic acids is 1. The van der Waals surface area contributed by atoms with Crippen LogP contribution in [0.25, 0.3) is 9.88 Å². The van der Waals surface area contributed by atoms with Crippen molar-refractivity contribution in [3.63, 3.8) is 0 Å². The second-order valence-electron chi connectivity index (χ2n) is 5.28. The third kappa shape index (κ3) is 4.43. The van der Waals surface area contributed by atoms with Crippen molar-refractivity contribution in [2.75, 3.05) is 13.2 Å². The lowest BCUT2D eigenvalue weighted by Gasteiger charge is -2.07. The molecule has 2 aromatic heterocycles. The van der Waals surface area contributed by atoms with Gasteiger partial charge in [0.25, 0.3) is 5.91 Å². The molecule has 0 unspecified atom stereocenters. The van der Waals surface area contributed by atoms with Crippen molar-refractivity contribution >= 4 is 28.6 Å². The molecule has 24 heavy (non-hydrogen) atoms. The summed E-state index contributed by atoms with van der Waals surface area (Å²) in [6.07, 6.45) is 2.40. The first-order chi connectivity index (χ1) is 11.7. The average Bonchev–Trinajstić information content (AvgIpc) is 3.25. The molecule has 6 heteroatoms. The molecule has 3 aromatic rings. The molecule has 0 atom stereocenters. The van der Waals surface area contributed by atoms with E-state index in [4.69, 9.17) is 4.74 Å². The minimum Gasteiger partial charge on any atom is -0.494 e. The summed E-state index contributed by atoms with van der Waals surface area (Å²) in [6, 6.07) is 11.9. The number of benzene rings is 1. The Morgan fingerprint density at radius 1 is 1.29 bits per heavy atom. The lowest BCUT2D eigenvalue weighted by Crippen LogP contribution is -2.24. The number of aromatic nitrogens is 1. The van der Waals surface area contributed by atoms with Gasteiger partial charge < -0.3 is 10.1 Å². The van der Waals surface area contributed by atoms with Crippen LogP contribution in [-0.4, -0.2) is 24.0 Å². The summed E-state index contributed by atoms with van der Waals surface area (Å²) in [5, 5.41) is 5.80. The van der Waals surface area contributed by atoms with Crippen molar-refractivity contribution in [3.05, 3.63) is 58.4 Å². The van der Waals surface area contributed by atoms with Crippen molar-refractivity contribution < 1.29 is 9.53 Å². The van der Waals surface area contributed by atoms with Gasteiger partial charge in [-0.05, 0) is 42.5 Å². The van der Waals surface area contributed by atoms with Crippen LogP contribution in [0.15, 0.2) is 48.0 Å². The molecule has 2 heterocycles. The van der Waals surface area contributed by atoms with E-state index < -0.39 is 0 Å². The van der Waals surface area contributed by atoms with Crippen molar-refractivity contribution in [3.8, 4) is 15.6 Å². The van der Waals surface area contributed by atoms with Gasteiger partial charge in [0, 0.05) is 6.54 Å². The van der Waals surface area contributed by atoms with Crippen LogP contribution >= 0.6 is 22.7 Å².